The summed E-state index contributed by atoms with van der Waals surface area (Å²) in [4.78, 5) is 26.2. The molecular formula is C20H19FN2O2. The number of rotatable bonds is 5. The molecule has 0 aromatic heterocycles. The summed E-state index contributed by atoms with van der Waals surface area (Å²) < 4.78 is 13.4. The molecule has 0 spiro atoms. The molecule has 2 aromatic carbocycles. The van der Waals surface area contributed by atoms with Gasteiger partial charge in [0.2, 0.25) is 5.91 Å². The minimum absolute atomic E-state index is 0.0326. The largest absolute Gasteiger partial charge is 0.352 e. The first-order valence-electron chi connectivity index (χ1n) is 8.56. The van der Waals surface area contributed by atoms with Gasteiger partial charge in [0.25, 0.3) is 5.91 Å². The van der Waals surface area contributed by atoms with Gasteiger partial charge in [0, 0.05) is 17.8 Å². The van der Waals surface area contributed by atoms with Crippen LogP contribution in [0.2, 0.25) is 0 Å². The molecule has 128 valence electrons. The molecule has 2 aliphatic rings. The normalized spacial score (nSPS) is 16.0. The van der Waals surface area contributed by atoms with Gasteiger partial charge in [0.05, 0.1) is 13.0 Å². The second-order valence-corrected chi connectivity index (χ2v) is 6.78. The SMILES string of the molecule is O=C(NCC1CC1)c1ccc2c(c1)CC(=O)N2Cc1cccc(F)c1. The predicted octanol–water partition coefficient (Wildman–Crippen LogP) is 3.05. The standard InChI is InChI=1S/C20H19FN2O2/c21-17-3-1-2-14(8-17)12-23-18-7-6-15(9-16(18)10-19(23)24)20(25)22-11-13-4-5-13/h1-3,6-9,13H,4-5,10-12H2,(H,22,25). The summed E-state index contributed by atoms with van der Waals surface area (Å²) in [7, 11) is 0. The average molecular weight is 338 g/mol. The first-order chi connectivity index (χ1) is 12.1. The highest BCUT2D eigenvalue weighted by molar-refractivity contribution is 6.03. The Labute approximate surface area is 145 Å². The highest BCUT2D eigenvalue weighted by atomic mass is 19.1. The van der Waals surface area contributed by atoms with E-state index in [1.54, 1.807) is 29.2 Å². The summed E-state index contributed by atoms with van der Waals surface area (Å²) in [5, 5.41) is 2.94. The smallest absolute Gasteiger partial charge is 0.251 e. The summed E-state index contributed by atoms with van der Waals surface area (Å²) in [5.41, 5.74) is 2.97. The quantitative estimate of drug-likeness (QED) is 0.911. The minimum atomic E-state index is -0.313. The summed E-state index contributed by atoms with van der Waals surface area (Å²) >= 11 is 0. The summed E-state index contributed by atoms with van der Waals surface area (Å²) in [6.45, 7) is 1.05. The Kier molecular flexibility index (Phi) is 3.99. The van der Waals surface area contributed by atoms with E-state index in [4.69, 9.17) is 0 Å². The van der Waals surface area contributed by atoms with E-state index >= 15 is 0 Å². The zero-order valence-electron chi connectivity index (χ0n) is 13.8. The van der Waals surface area contributed by atoms with E-state index in [1.165, 1.54) is 25.0 Å². The first kappa shape index (κ1) is 15.8. The topological polar surface area (TPSA) is 49.4 Å². The Bertz CT molecular complexity index is 845. The molecule has 1 heterocycles. The van der Waals surface area contributed by atoms with Gasteiger partial charge in [0.1, 0.15) is 5.82 Å². The number of amides is 2. The number of benzene rings is 2. The number of fused-ring (bicyclic) bond motifs is 1. The third kappa shape index (κ3) is 3.40. The van der Waals surface area contributed by atoms with Crippen molar-refractivity contribution in [3.8, 4) is 0 Å². The zero-order valence-corrected chi connectivity index (χ0v) is 13.8. The van der Waals surface area contributed by atoms with Crippen molar-refractivity contribution in [1.29, 1.82) is 0 Å². The summed E-state index contributed by atoms with van der Waals surface area (Å²) in [5.74, 6) is 0.189. The van der Waals surface area contributed by atoms with Crippen molar-refractivity contribution in [2.45, 2.75) is 25.8 Å². The van der Waals surface area contributed by atoms with Crippen LogP contribution >= 0.6 is 0 Å². The van der Waals surface area contributed by atoms with Crippen molar-refractivity contribution in [1.82, 2.24) is 5.32 Å². The number of carbonyl (C=O) groups is 2. The molecule has 1 aliphatic heterocycles. The maximum atomic E-state index is 13.4. The van der Waals surface area contributed by atoms with Gasteiger partial charge < -0.3 is 10.2 Å². The van der Waals surface area contributed by atoms with Crippen LogP contribution in [0, 0.1) is 11.7 Å². The third-order valence-corrected chi connectivity index (χ3v) is 4.75. The predicted molar refractivity (Wildman–Crippen MR) is 92.8 cm³/mol. The van der Waals surface area contributed by atoms with E-state index in [2.05, 4.69) is 5.32 Å². The maximum Gasteiger partial charge on any atom is 0.251 e. The molecule has 0 atom stereocenters. The lowest BCUT2D eigenvalue weighted by molar-refractivity contribution is -0.117. The van der Waals surface area contributed by atoms with Crippen LogP contribution in [0.5, 0.6) is 0 Å². The van der Waals surface area contributed by atoms with Crippen LogP contribution in [-0.2, 0) is 17.8 Å². The Balaban J connectivity index is 1.52. The monoisotopic (exact) mass is 338 g/mol. The molecular weight excluding hydrogens is 319 g/mol. The van der Waals surface area contributed by atoms with E-state index in [0.29, 0.717) is 18.0 Å². The zero-order chi connectivity index (χ0) is 17.4. The number of halogens is 1. The molecule has 2 aromatic rings. The molecule has 0 radical (unpaired) electrons. The van der Waals surface area contributed by atoms with Gasteiger partial charge >= 0.3 is 0 Å². The number of hydrogen-bond acceptors (Lipinski definition) is 2. The molecule has 0 unspecified atom stereocenters. The van der Waals surface area contributed by atoms with Crippen LogP contribution in [0.1, 0.15) is 34.3 Å². The van der Waals surface area contributed by atoms with Crippen molar-refractivity contribution in [2.24, 2.45) is 5.92 Å². The van der Waals surface area contributed by atoms with Gasteiger partial charge in [-0.05, 0) is 60.2 Å². The van der Waals surface area contributed by atoms with Crippen molar-refractivity contribution in [2.75, 3.05) is 11.4 Å². The van der Waals surface area contributed by atoms with E-state index in [1.807, 2.05) is 6.07 Å². The van der Waals surface area contributed by atoms with Crippen LogP contribution in [-0.4, -0.2) is 18.4 Å². The molecule has 2 amide bonds. The average Bonchev–Trinajstić information content (AvgIpc) is 3.37. The van der Waals surface area contributed by atoms with E-state index in [9.17, 15) is 14.0 Å². The number of nitrogens with zero attached hydrogens (tertiary/aromatic N) is 1. The Morgan fingerprint density at radius 2 is 2.04 bits per heavy atom. The maximum absolute atomic E-state index is 13.4. The van der Waals surface area contributed by atoms with Crippen LogP contribution in [0.15, 0.2) is 42.5 Å². The lowest BCUT2D eigenvalue weighted by atomic mass is 10.1. The van der Waals surface area contributed by atoms with Gasteiger partial charge in [-0.1, -0.05) is 12.1 Å². The van der Waals surface area contributed by atoms with Crippen LogP contribution in [0.4, 0.5) is 10.1 Å². The number of anilines is 1. The summed E-state index contributed by atoms with van der Waals surface area (Å²) in [6.07, 6.45) is 2.65. The van der Waals surface area contributed by atoms with Gasteiger partial charge in [-0.2, -0.15) is 0 Å². The van der Waals surface area contributed by atoms with E-state index < -0.39 is 0 Å². The third-order valence-electron chi connectivity index (χ3n) is 4.75. The molecule has 1 saturated carbocycles. The number of carbonyl (C=O) groups excluding carboxylic acids is 2. The second-order valence-electron chi connectivity index (χ2n) is 6.78. The highest BCUT2D eigenvalue weighted by Gasteiger charge is 2.28. The molecule has 0 saturated heterocycles. The fourth-order valence-electron chi connectivity index (χ4n) is 3.18. The lowest BCUT2D eigenvalue weighted by Crippen LogP contribution is -2.26. The molecule has 4 nitrogen and oxygen atoms in total. The Morgan fingerprint density at radius 3 is 2.80 bits per heavy atom. The second kappa shape index (κ2) is 6.31. The molecule has 5 heteroatoms. The fourth-order valence-corrected chi connectivity index (χ4v) is 3.18. The van der Waals surface area contributed by atoms with Crippen molar-refractivity contribution in [3.05, 3.63) is 65.0 Å². The molecule has 4 rings (SSSR count). The van der Waals surface area contributed by atoms with Crippen molar-refractivity contribution >= 4 is 17.5 Å². The van der Waals surface area contributed by atoms with E-state index in [-0.39, 0.29) is 24.1 Å². The van der Waals surface area contributed by atoms with Crippen LogP contribution in [0.25, 0.3) is 0 Å². The molecule has 1 fully saturated rings. The molecule has 1 aliphatic carbocycles. The van der Waals surface area contributed by atoms with Crippen LogP contribution in [0.3, 0.4) is 0 Å². The highest BCUT2D eigenvalue weighted by Crippen LogP contribution is 2.31. The Hall–Kier alpha value is -2.69. The summed E-state index contributed by atoms with van der Waals surface area (Å²) in [6, 6.07) is 11.6. The van der Waals surface area contributed by atoms with Gasteiger partial charge in [-0.15, -0.1) is 0 Å². The van der Waals surface area contributed by atoms with Gasteiger partial charge in [-0.3, -0.25) is 9.59 Å². The molecule has 0 bridgehead atoms. The van der Waals surface area contributed by atoms with Gasteiger partial charge in [0.15, 0.2) is 0 Å². The molecule has 25 heavy (non-hydrogen) atoms. The number of hydrogen-bond donors (Lipinski definition) is 1. The van der Waals surface area contributed by atoms with Crippen LogP contribution < -0.4 is 10.2 Å². The van der Waals surface area contributed by atoms with Crippen molar-refractivity contribution in [3.63, 3.8) is 0 Å². The fraction of sp³-hybridized carbons (Fsp3) is 0.300. The molecule has 1 N–H and O–H groups in total. The number of nitrogens with one attached hydrogen (secondary N) is 1. The lowest BCUT2D eigenvalue weighted by Gasteiger charge is -2.18. The van der Waals surface area contributed by atoms with Gasteiger partial charge in [-0.25, -0.2) is 4.39 Å². The van der Waals surface area contributed by atoms with E-state index in [0.717, 1.165) is 23.4 Å². The Morgan fingerprint density at radius 1 is 1.20 bits per heavy atom. The minimum Gasteiger partial charge on any atom is -0.352 e. The van der Waals surface area contributed by atoms with Crippen molar-refractivity contribution < 1.29 is 14.0 Å². The first-order valence-corrected chi connectivity index (χ1v) is 8.56.